The van der Waals surface area contributed by atoms with Crippen LogP contribution in [-0.2, 0) is 0 Å². The number of hydrogen-bond acceptors (Lipinski definition) is 4. The standard InChI is InChI=1S/C19H31N3OS2/c1-4-5-6-7-8-9-10-15-25-19(24)21-20-18(23)16-11-13-17(14-12-16)22(2)3/h11-14H,4-10,15H2,1-3H3,(H,20,23)(H,21,24). The van der Waals surface area contributed by atoms with E-state index in [-0.39, 0.29) is 5.91 Å². The van der Waals surface area contributed by atoms with Crippen molar-refractivity contribution in [1.29, 1.82) is 0 Å². The van der Waals surface area contributed by atoms with Crippen LogP contribution in [0, 0.1) is 0 Å². The number of amides is 1. The molecule has 140 valence electrons. The van der Waals surface area contributed by atoms with Gasteiger partial charge in [-0.05, 0) is 30.7 Å². The van der Waals surface area contributed by atoms with Gasteiger partial charge in [0.15, 0.2) is 4.32 Å². The summed E-state index contributed by atoms with van der Waals surface area (Å²) in [4.78, 5) is 14.1. The Morgan fingerprint density at radius 2 is 1.60 bits per heavy atom. The number of nitrogens with zero attached hydrogens (tertiary/aromatic N) is 1. The Kier molecular flexibility index (Phi) is 11.3. The number of benzene rings is 1. The number of anilines is 1. The van der Waals surface area contributed by atoms with Gasteiger partial charge in [-0.25, -0.2) is 0 Å². The molecule has 0 radical (unpaired) electrons. The van der Waals surface area contributed by atoms with E-state index in [0.717, 1.165) is 11.4 Å². The second kappa shape index (κ2) is 13.0. The van der Waals surface area contributed by atoms with E-state index in [9.17, 15) is 4.79 Å². The van der Waals surface area contributed by atoms with Crippen molar-refractivity contribution in [2.45, 2.75) is 51.9 Å². The summed E-state index contributed by atoms with van der Waals surface area (Å²) in [5.41, 5.74) is 7.15. The Morgan fingerprint density at radius 3 is 2.20 bits per heavy atom. The highest BCUT2D eigenvalue weighted by Gasteiger charge is 2.06. The summed E-state index contributed by atoms with van der Waals surface area (Å²) in [5.74, 6) is 0.816. The fourth-order valence-electron chi connectivity index (χ4n) is 2.35. The molecule has 2 N–H and O–H groups in total. The van der Waals surface area contributed by atoms with Gasteiger partial charge in [0, 0.05) is 31.1 Å². The lowest BCUT2D eigenvalue weighted by Crippen LogP contribution is -2.39. The highest BCUT2D eigenvalue weighted by Crippen LogP contribution is 2.13. The molecule has 1 amide bonds. The summed E-state index contributed by atoms with van der Waals surface area (Å²) in [6.45, 7) is 2.24. The molecule has 0 saturated heterocycles. The first-order valence-corrected chi connectivity index (χ1v) is 10.4. The van der Waals surface area contributed by atoms with Gasteiger partial charge in [0.1, 0.15) is 0 Å². The molecule has 1 aromatic rings. The summed E-state index contributed by atoms with van der Waals surface area (Å²) < 4.78 is 0.615. The summed E-state index contributed by atoms with van der Waals surface area (Å²) in [6.07, 6.45) is 9.06. The molecule has 0 spiro atoms. The summed E-state index contributed by atoms with van der Waals surface area (Å²) in [6, 6.07) is 7.45. The smallest absolute Gasteiger partial charge is 0.269 e. The molecule has 0 bridgehead atoms. The van der Waals surface area contributed by atoms with Crippen molar-refractivity contribution in [1.82, 2.24) is 10.9 Å². The number of hydrogen-bond donors (Lipinski definition) is 2. The number of nitrogens with one attached hydrogen (secondary N) is 2. The van der Waals surface area contributed by atoms with Crippen LogP contribution < -0.4 is 15.8 Å². The lowest BCUT2D eigenvalue weighted by molar-refractivity contribution is 0.0944. The number of carbonyl (C=O) groups is 1. The minimum atomic E-state index is -0.177. The number of carbonyl (C=O) groups excluding carboxylic acids is 1. The maximum Gasteiger partial charge on any atom is 0.269 e. The molecule has 4 nitrogen and oxygen atoms in total. The van der Waals surface area contributed by atoms with E-state index in [1.165, 1.54) is 44.9 Å². The van der Waals surface area contributed by atoms with E-state index < -0.39 is 0 Å². The SMILES string of the molecule is CCCCCCCCCSC(=S)NNC(=O)c1ccc(N(C)C)cc1. The molecule has 0 unspecified atom stereocenters. The van der Waals surface area contributed by atoms with E-state index in [2.05, 4.69) is 17.8 Å². The van der Waals surface area contributed by atoms with Crippen LogP contribution in [0.15, 0.2) is 24.3 Å². The molecule has 0 aliphatic carbocycles. The molecule has 0 aromatic heterocycles. The molecule has 25 heavy (non-hydrogen) atoms. The zero-order valence-electron chi connectivity index (χ0n) is 15.6. The van der Waals surface area contributed by atoms with Crippen molar-refractivity contribution in [2.24, 2.45) is 0 Å². The average Bonchev–Trinajstić information content (AvgIpc) is 2.62. The topological polar surface area (TPSA) is 44.4 Å². The summed E-state index contributed by atoms with van der Waals surface area (Å²) >= 11 is 6.83. The predicted octanol–water partition coefficient (Wildman–Crippen LogP) is 4.76. The third-order valence-corrected chi connectivity index (χ3v) is 5.22. The van der Waals surface area contributed by atoms with Gasteiger partial charge in [-0.1, -0.05) is 69.4 Å². The Hall–Kier alpha value is -1.27. The Morgan fingerprint density at radius 1 is 1.00 bits per heavy atom. The fraction of sp³-hybridized carbons (Fsp3) is 0.579. The molecular weight excluding hydrogens is 350 g/mol. The Labute approximate surface area is 162 Å². The van der Waals surface area contributed by atoms with Crippen molar-refractivity contribution in [2.75, 3.05) is 24.7 Å². The lowest BCUT2D eigenvalue weighted by Gasteiger charge is -2.13. The van der Waals surface area contributed by atoms with Crippen LogP contribution in [0.25, 0.3) is 0 Å². The molecule has 0 aliphatic heterocycles. The van der Waals surface area contributed by atoms with Crippen LogP contribution in [0.3, 0.4) is 0 Å². The van der Waals surface area contributed by atoms with Crippen LogP contribution >= 0.6 is 24.0 Å². The molecule has 0 heterocycles. The zero-order chi connectivity index (χ0) is 18.5. The first-order chi connectivity index (χ1) is 12.0. The van der Waals surface area contributed by atoms with Gasteiger partial charge in [-0.15, -0.1) is 0 Å². The van der Waals surface area contributed by atoms with Gasteiger partial charge in [0.05, 0.1) is 0 Å². The van der Waals surface area contributed by atoms with Gasteiger partial charge in [-0.3, -0.25) is 15.6 Å². The molecule has 0 aliphatic rings. The van der Waals surface area contributed by atoms with Gasteiger partial charge < -0.3 is 4.90 Å². The van der Waals surface area contributed by atoms with E-state index in [1.807, 2.05) is 31.1 Å². The first kappa shape index (κ1) is 21.8. The normalized spacial score (nSPS) is 10.4. The van der Waals surface area contributed by atoms with Crippen molar-refractivity contribution >= 4 is 39.9 Å². The number of unbranched alkanes of at least 4 members (excludes halogenated alkanes) is 6. The number of rotatable bonds is 10. The molecule has 1 rings (SSSR count). The lowest BCUT2D eigenvalue weighted by atomic mass is 10.1. The maximum absolute atomic E-state index is 12.1. The van der Waals surface area contributed by atoms with E-state index in [4.69, 9.17) is 12.2 Å². The minimum absolute atomic E-state index is 0.177. The maximum atomic E-state index is 12.1. The summed E-state index contributed by atoms with van der Waals surface area (Å²) in [5, 5.41) is 0. The highest BCUT2D eigenvalue weighted by molar-refractivity contribution is 8.22. The Bertz CT molecular complexity index is 518. The van der Waals surface area contributed by atoms with Crippen molar-refractivity contribution in [3.63, 3.8) is 0 Å². The van der Waals surface area contributed by atoms with Gasteiger partial charge in [-0.2, -0.15) is 0 Å². The van der Waals surface area contributed by atoms with Crippen LogP contribution in [0.4, 0.5) is 5.69 Å². The molecular formula is C19H31N3OS2. The van der Waals surface area contributed by atoms with Crippen molar-refractivity contribution in [3.05, 3.63) is 29.8 Å². The van der Waals surface area contributed by atoms with Crippen LogP contribution in [0.1, 0.15) is 62.2 Å². The van der Waals surface area contributed by atoms with Gasteiger partial charge >= 0.3 is 0 Å². The van der Waals surface area contributed by atoms with Gasteiger partial charge in [0.2, 0.25) is 0 Å². The van der Waals surface area contributed by atoms with Gasteiger partial charge in [0.25, 0.3) is 5.91 Å². The van der Waals surface area contributed by atoms with E-state index in [0.29, 0.717) is 9.88 Å². The first-order valence-electron chi connectivity index (χ1n) is 9.05. The van der Waals surface area contributed by atoms with Crippen LogP contribution in [0.2, 0.25) is 0 Å². The average molecular weight is 382 g/mol. The fourth-order valence-corrected chi connectivity index (χ4v) is 3.31. The van der Waals surface area contributed by atoms with Crippen molar-refractivity contribution in [3.8, 4) is 0 Å². The zero-order valence-corrected chi connectivity index (χ0v) is 17.3. The summed E-state index contributed by atoms with van der Waals surface area (Å²) in [7, 11) is 3.94. The predicted molar refractivity (Wildman–Crippen MR) is 114 cm³/mol. The molecule has 6 heteroatoms. The number of hydrazine groups is 1. The Balaban J connectivity index is 2.13. The highest BCUT2D eigenvalue weighted by atomic mass is 32.2. The molecule has 0 fully saturated rings. The van der Waals surface area contributed by atoms with Crippen LogP contribution in [0.5, 0.6) is 0 Å². The number of thiocarbonyl (C=S) groups is 1. The molecule has 0 saturated carbocycles. The quantitative estimate of drug-likeness (QED) is 0.348. The minimum Gasteiger partial charge on any atom is -0.378 e. The second-order valence-electron chi connectivity index (χ2n) is 6.28. The molecule has 1 aromatic carbocycles. The second-order valence-corrected chi connectivity index (χ2v) is 8.05. The molecule has 0 atom stereocenters. The monoisotopic (exact) mass is 381 g/mol. The van der Waals surface area contributed by atoms with Crippen molar-refractivity contribution < 1.29 is 4.79 Å². The number of thioether (sulfide) groups is 1. The van der Waals surface area contributed by atoms with Crippen LogP contribution in [-0.4, -0.2) is 30.1 Å². The largest absolute Gasteiger partial charge is 0.378 e. The third-order valence-electron chi connectivity index (χ3n) is 3.91. The van der Waals surface area contributed by atoms with E-state index >= 15 is 0 Å². The van der Waals surface area contributed by atoms with E-state index in [1.54, 1.807) is 23.9 Å². The third kappa shape index (κ3) is 9.70.